The highest BCUT2D eigenvalue weighted by molar-refractivity contribution is 9.10. The molecule has 2 aromatic rings. The number of benzene rings is 2. The summed E-state index contributed by atoms with van der Waals surface area (Å²) in [6.45, 7) is 4.85. The summed E-state index contributed by atoms with van der Waals surface area (Å²) < 4.78 is 22.6. The van der Waals surface area contributed by atoms with Crippen LogP contribution in [-0.2, 0) is 4.79 Å². The monoisotopic (exact) mass is 505 g/mol. The molecule has 0 saturated heterocycles. The van der Waals surface area contributed by atoms with Gasteiger partial charge in [-0.15, -0.1) is 0 Å². The van der Waals surface area contributed by atoms with Crippen LogP contribution in [-0.4, -0.2) is 44.6 Å². The van der Waals surface area contributed by atoms with Crippen molar-refractivity contribution >= 4 is 34.0 Å². The highest BCUT2D eigenvalue weighted by atomic mass is 79.9. The van der Waals surface area contributed by atoms with E-state index in [1.165, 1.54) is 6.21 Å². The fourth-order valence-corrected chi connectivity index (χ4v) is 3.36. The van der Waals surface area contributed by atoms with Crippen LogP contribution in [0.15, 0.2) is 39.9 Å². The molecular formula is C22H24BrN3O6. The third kappa shape index (κ3) is 6.13. The van der Waals surface area contributed by atoms with E-state index in [1.807, 2.05) is 19.9 Å². The Morgan fingerprint density at radius 2 is 1.97 bits per heavy atom. The summed E-state index contributed by atoms with van der Waals surface area (Å²) in [6, 6.07) is 8.39. The normalized spacial score (nSPS) is 12.0. The van der Waals surface area contributed by atoms with Crippen LogP contribution in [0.3, 0.4) is 0 Å². The van der Waals surface area contributed by atoms with Crippen LogP contribution in [0.1, 0.15) is 36.2 Å². The van der Waals surface area contributed by atoms with Gasteiger partial charge in [-0.1, -0.05) is 6.92 Å². The van der Waals surface area contributed by atoms with Crippen molar-refractivity contribution in [2.24, 2.45) is 5.10 Å². The molecule has 2 amide bonds. The lowest BCUT2D eigenvalue weighted by atomic mass is 10.2. The fourth-order valence-electron chi connectivity index (χ4n) is 2.79. The van der Waals surface area contributed by atoms with E-state index in [2.05, 4.69) is 31.8 Å². The van der Waals surface area contributed by atoms with Crippen LogP contribution in [0.5, 0.6) is 23.0 Å². The molecule has 10 heteroatoms. The van der Waals surface area contributed by atoms with E-state index in [0.717, 1.165) is 10.9 Å². The maximum absolute atomic E-state index is 12.2. The second kappa shape index (κ2) is 11.4. The van der Waals surface area contributed by atoms with Crippen molar-refractivity contribution in [3.05, 3.63) is 45.9 Å². The quantitative estimate of drug-likeness (QED) is 0.379. The van der Waals surface area contributed by atoms with Gasteiger partial charge in [-0.3, -0.25) is 9.59 Å². The summed E-state index contributed by atoms with van der Waals surface area (Å²) in [7, 11) is 0. The average molecular weight is 506 g/mol. The Hall–Kier alpha value is -3.27. The summed E-state index contributed by atoms with van der Waals surface area (Å²) in [4.78, 5) is 24.3. The number of amides is 2. The van der Waals surface area contributed by atoms with E-state index in [4.69, 9.17) is 18.9 Å². The van der Waals surface area contributed by atoms with E-state index in [9.17, 15) is 9.59 Å². The molecule has 1 aliphatic heterocycles. The maximum Gasteiger partial charge on any atom is 0.259 e. The fraction of sp³-hybridized carbons (Fsp3) is 0.318. The third-order valence-corrected chi connectivity index (χ3v) is 4.82. The van der Waals surface area contributed by atoms with Crippen molar-refractivity contribution in [2.75, 3.05) is 26.6 Å². The van der Waals surface area contributed by atoms with Crippen molar-refractivity contribution in [3.8, 4) is 23.0 Å². The Morgan fingerprint density at radius 1 is 1.16 bits per heavy atom. The van der Waals surface area contributed by atoms with Crippen LogP contribution in [0.2, 0.25) is 0 Å². The van der Waals surface area contributed by atoms with Crippen LogP contribution in [0.25, 0.3) is 0 Å². The number of hydrazone groups is 1. The number of hydrogen-bond donors (Lipinski definition) is 2. The van der Waals surface area contributed by atoms with Crippen LogP contribution < -0.4 is 29.7 Å². The van der Waals surface area contributed by atoms with Crippen molar-refractivity contribution in [3.63, 3.8) is 0 Å². The zero-order chi connectivity index (χ0) is 22.9. The highest BCUT2D eigenvalue weighted by Crippen LogP contribution is 2.36. The van der Waals surface area contributed by atoms with Crippen molar-refractivity contribution in [1.82, 2.24) is 10.7 Å². The molecule has 0 aliphatic carbocycles. The molecule has 0 radical (unpaired) electrons. The number of halogens is 1. The smallest absolute Gasteiger partial charge is 0.259 e. The summed E-state index contributed by atoms with van der Waals surface area (Å²) in [5.74, 6) is 1.41. The molecule has 170 valence electrons. The Kier molecular flexibility index (Phi) is 8.32. The van der Waals surface area contributed by atoms with Crippen LogP contribution in [0.4, 0.5) is 0 Å². The predicted molar refractivity (Wildman–Crippen MR) is 122 cm³/mol. The molecule has 0 unspecified atom stereocenters. The first kappa shape index (κ1) is 23.4. The van der Waals surface area contributed by atoms with Gasteiger partial charge in [0.05, 0.1) is 30.4 Å². The lowest BCUT2D eigenvalue weighted by Crippen LogP contribution is -2.34. The van der Waals surface area contributed by atoms with E-state index in [0.29, 0.717) is 47.3 Å². The van der Waals surface area contributed by atoms with E-state index in [-0.39, 0.29) is 13.3 Å². The Bertz CT molecular complexity index is 1010. The van der Waals surface area contributed by atoms with E-state index in [1.54, 1.807) is 24.3 Å². The molecule has 0 fully saturated rings. The first-order chi connectivity index (χ1) is 15.5. The first-order valence-corrected chi connectivity index (χ1v) is 10.9. The van der Waals surface area contributed by atoms with Crippen molar-refractivity contribution < 1.29 is 28.5 Å². The summed E-state index contributed by atoms with van der Waals surface area (Å²) in [5.41, 5.74) is 3.45. The average Bonchev–Trinajstić information content (AvgIpc) is 3.25. The molecule has 32 heavy (non-hydrogen) atoms. The second-order valence-corrected chi connectivity index (χ2v) is 7.51. The van der Waals surface area contributed by atoms with Crippen molar-refractivity contribution in [2.45, 2.75) is 20.3 Å². The molecule has 0 aromatic heterocycles. The molecule has 1 heterocycles. The minimum atomic E-state index is -0.470. The molecular weight excluding hydrogens is 482 g/mol. The molecule has 2 aromatic carbocycles. The summed E-state index contributed by atoms with van der Waals surface area (Å²) >= 11 is 3.48. The molecule has 9 nitrogen and oxygen atoms in total. The lowest BCUT2D eigenvalue weighted by Gasteiger charge is -2.14. The van der Waals surface area contributed by atoms with Crippen LogP contribution in [0, 0.1) is 0 Å². The SMILES string of the molecule is CCCOc1c(Br)cc(C=NNC(=O)CNC(=O)c2ccc3c(c2)OCO3)cc1OCC. The van der Waals surface area contributed by atoms with Gasteiger partial charge in [0.15, 0.2) is 23.0 Å². The number of carbonyl (C=O) groups excluding carboxylic acids is 2. The topological polar surface area (TPSA) is 107 Å². The summed E-state index contributed by atoms with van der Waals surface area (Å²) in [6.07, 6.45) is 2.35. The zero-order valence-electron chi connectivity index (χ0n) is 17.8. The number of hydrogen-bond acceptors (Lipinski definition) is 7. The molecule has 2 N–H and O–H groups in total. The van der Waals surface area contributed by atoms with Gasteiger partial charge >= 0.3 is 0 Å². The minimum absolute atomic E-state index is 0.123. The van der Waals surface area contributed by atoms with Gasteiger partial charge in [-0.2, -0.15) is 5.10 Å². The Morgan fingerprint density at radius 3 is 2.75 bits per heavy atom. The van der Waals surface area contributed by atoms with Gasteiger partial charge in [0, 0.05) is 5.56 Å². The molecule has 0 saturated carbocycles. The second-order valence-electron chi connectivity index (χ2n) is 6.66. The number of nitrogens with zero attached hydrogens (tertiary/aromatic N) is 1. The minimum Gasteiger partial charge on any atom is -0.490 e. The summed E-state index contributed by atoms with van der Waals surface area (Å²) in [5, 5.41) is 6.48. The van der Waals surface area contributed by atoms with Gasteiger partial charge in [-0.05, 0) is 65.2 Å². The van der Waals surface area contributed by atoms with E-state index >= 15 is 0 Å². The molecule has 0 bridgehead atoms. The molecule has 1 aliphatic rings. The van der Waals surface area contributed by atoms with Crippen molar-refractivity contribution in [1.29, 1.82) is 0 Å². The first-order valence-electron chi connectivity index (χ1n) is 10.1. The van der Waals surface area contributed by atoms with Crippen LogP contribution >= 0.6 is 15.9 Å². The van der Waals surface area contributed by atoms with Gasteiger partial charge in [0.2, 0.25) is 6.79 Å². The number of carbonyl (C=O) groups is 2. The number of nitrogens with one attached hydrogen (secondary N) is 2. The standard InChI is InChI=1S/C22H24BrN3O6/c1-3-7-30-21-16(23)8-14(9-19(21)29-4-2)11-25-26-20(27)12-24-22(28)15-5-6-17-18(10-15)32-13-31-17/h5-6,8-11H,3-4,7,12-13H2,1-2H3,(H,24,28)(H,26,27). The molecule has 3 rings (SSSR count). The maximum atomic E-state index is 12.2. The zero-order valence-corrected chi connectivity index (χ0v) is 19.4. The van der Waals surface area contributed by atoms with Gasteiger partial charge in [-0.25, -0.2) is 5.43 Å². The van der Waals surface area contributed by atoms with Gasteiger partial charge < -0.3 is 24.3 Å². The molecule has 0 spiro atoms. The molecule has 0 atom stereocenters. The van der Waals surface area contributed by atoms with Gasteiger partial charge in [0.1, 0.15) is 0 Å². The lowest BCUT2D eigenvalue weighted by molar-refractivity contribution is -0.120. The largest absolute Gasteiger partial charge is 0.490 e. The highest BCUT2D eigenvalue weighted by Gasteiger charge is 2.16. The third-order valence-electron chi connectivity index (χ3n) is 4.23. The number of ether oxygens (including phenoxy) is 4. The number of fused-ring (bicyclic) bond motifs is 1. The Balaban J connectivity index is 1.53. The predicted octanol–water partition coefficient (Wildman–Crippen LogP) is 3.25. The Labute approximate surface area is 194 Å². The van der Waals surface area contributed by atoms with E-state index < -0.39 is 11.8 Å². The van der Waals surface area contributed by atoms with Gasteiger partial charge in [0.25, 0.3) is 11.8 Å². The number of rotatable bonds is 10.